The van der Waals surface area contributed by atoms with Gasteiger partial charge in [-0.25, -0.2) is 14.8 Å². The molecule has 28 heavy (non-hydrogen) atoms. The van der Waals surface area contributed by atoms with E-state index in [1.807, 2.05) is 48.1 Å². The molecule has 2 N–H and O–H groups in total. The van der Waals surface area contributed by atoms with E-state index in [2.05, 4.69) is 20.6 Å². The lowest BCUT2D eigenvalue weighted by atomic mass is 10.2. The zero-order valence-corrected chi connectivity index (χ0v) is 15.2. The Kier molecular flexibility index (Phi) is 4.59. The number of aryl methyl sites for hydroxylation is 1. The van der Waals surface area contributed by atoms with E-state index in [9.17, 15) is 9.59 Å². The molecule has 2 amide bonds. The summed E-state index contributed by atoms with van der Waals surface area (Å²) in [6, 6.07) is 13.9. The lowest BCUT2D eigenvalue weighted by Gasteiger charge is -2.10. The van der Waals surface area contributed by atoms with Gasteiger partial charge in [0.05, 0.1) is 23.1 Å². The van der Waals surface area contributed by atoms with E-state index in [-0.39, 0.29) is 11.6 Å². The van der Waals surface area contributed by atoms with Gasteiger partial charge < -0.3 is 15.2 Å². The zero-order chi connectivity index (χ0) is 19.5. The normalized spacial score (nSPS) is 10.8. The van der Waals surface area contributed by atoms with Gasteiger partial charge in [-0.1, -0.05) is 18.2 Å². The molecule has 0 atom stereocenters. The van der Waals surface area contributed by atoms with Crippen LogP contribution in [0.4, 0.5) is 10.5 Å². The molecule has 2 aromatic carbocycles. The van der Waals surface area contributed by atoms with Crippen molar-refractivity contribution in [3.05, 3.63) is 83.4 Å². The zero-order valence-electron chi connectivity index (χ0n) is 15.2. The Balaban J connectivity index is 1.57. The lowest BCUT2D eigenvalue weighted by Crippen LogP contribution is -2.29. The van der Waals surface area contributed by atoms with Gasteiger partial charge in [0.15, 0.2) is 0 Å². The molecule has 8 nitrogen and oxygen atoms in total. The Labute approximate surface area is 160 Å². The largest absolute Gasteiger partial charge is 0.337 e. The van der Waals surface area contributed by atoms with Crippen LogP contribution in [0.25, 0.3) is 16.6 Å². The Bertz CT molecular complexity index is 1200. The van der Waals surface area contributed by atoms with Crippen LogP contribution in [-0.4, -0.2) is 25.1 Å². The number of hydrogen-bond acceptors (Lipinski definition) is 4. The maximum absolute atomic E-state index is 12.9. The first-order valence-electron chi connectivity index (χ1n) is 8.70. The first-order chi connectivity index (χ1) is 13.6. The number of nitrogens with zero attached hydrogens (tertiary/aromatic N) is 4. The van der Waals surface area contributed by atoms with Crippen LogP contribution in [0.1, 0.15) is 5.82 Å². The highest BCUT2D eigenvalue weighted by Gasteiger charge is 2.09. The minimum atomic E-state index is -0.380. The summed E-state index contributed by atoms with van der Waals surface area (Å²) in [5.74, 6) is 0.739. The highest BCUT2D eigenvalue weighted by Crippen LogP contribution is 2.15. The molecule has 0 radical (unpaired) electrons. The van der Waals surface area contributed by atoms with Crippen LogP contribution in [0.3, 0.4) is 0 Å². The predicted molar refractivity (Wildman–Crippen MR) is 106 cm³/mol. The SMILES string of the molecule is Cn1ccnc1CNC(=O)Nc1ccc2ncn(-c3ccccc3)c(=O)c2c1. The number of carbonyl (C=O) groups excluding carboxylic acids is 1. The van der Waals surface area contributed by atoms with Gasteiger partial charge >= 0.3 is 6.03 Å². The summed E-state index contributed by atoms with van der Waals surface area (Å²) in [5.41, 5.74) is 1.60. The molecule has 4 aromatic rings. The number of imidazole rings is 1. The number of anilines is 1. The van der Waals surface area contributed by atoms with Crippen molar-refractivity contribution in [3.63, 3.8) is 0 Å². The molecular weight excluding hydrogens is 356 g/mol. The average molecular weight is 374 g/mol. The van der Waals surface area contributed by atoms with Gasteiger partial charge in [-0.3, -0.25) is 9.36 Å². The van der Waals surface area contributed by atoms with Crippen LogP contribution in [-0.2, 0) is 13.6 Å². The van der Waals surface area contributed by atoms with Gasteiger partial charge in [0, 0.05) is 25.1 Å². The standard InChI is InChI=1S/C20H18N6O2/c1-25-10-9-21-18(25)12-22-20(28)24-14-7-8-17-16(11-14)19(27)26(13-23-17)15-5-3-2-4-6-15/h2-11,13H,12H2,1H3,(H2,22,24,28). The smallest absolute Gasteiger partial charge is 0.319 e. The topological polar surface area (TPSA) is 93.8 Å². The number of rotatable bonds is 4. The third kappa shape index (κ3) is 3.48. The molecule has 0 fully saturated rings. The van der Waals surface area contributed by atoms with Gasteiger partial charge in [0.25, 0.3) is 5.56 Å². The molecule has 0 saturated heterocycles. The maximum atomic E-state index is 12.9. The minimum absolute atomic E-state index is 0.201. The number of aromatic nitrogens is 4. The van der Waals surface area contributed by atoms with E-state index >= 15 is 0 Å². The molecule has 8 heteroatoms. The van der Waals surface area contributed by atoms with Gasteiger partial charge in [0.2, 0.25) is 0 Å². The fourth-order valence-electron chi connectivity index (χ4n) is 2.87. The highest BCUT2D eigenvalue weighted by molar-refractivity contribution is 5.92. The predicted octanol–water partition coefficient (Wildman–Crippen LogP) is 2.44. The maximum Gasteiger partial charge on any atom is 0.319 e. The first-order valence-corrected chi connectivity index (χ1v) is 8.70. The van der Waals surface area contributed by atoms with Crippen molar-refractivity contribution in [2.45, 2.75) is 6.54 Å². The lowest BCUT2D eigenvalue weighted by molar-refractivity contribution is 0.251. The molecule has 0 aliphatic heterocycles. The van der Waals surface area contributed by atoms with Crippen molar-refractivity contribution < 1.29 is 4.79 Å². The summed E-state index contributed by atoms with van der Waals surface area (Å²) < 4.78 is 3.31. The van der Waals surface area contributed by atoms with Gasteiger partial charge in [-0.05, 0) is 30.3 Å². The summed E-state index contributed by atoms with van der Waals surface area (Å²) in [6.07, 6.45) is 4.98. The number of fused-ring (bicyclic) bond motifs is 1. The molecule has 0 spiro atoms. The van der Waals surface area contributed by atoms with Gasteiger partial charge in [0.1, 0.15) is 12.2 Å². The monoisotopic (exact) mass is 374 g/mol. The fraction of sp³-hybridized carbons (Fsp3) is 0.100. The number of carbonyl (C=O) groups is 1. The molecule has 4 rings (SSSR count). The second kappa shape index (κ2) is 7.36. The Morgan fingerprint density at radius 2 is 1.93 bits per heavy atom. The second-order valence-corrected chi connectivity index (χ2v) is 6.25. The van der Waals surface area contributed by atoms with E-state index in [0.29, 0.717) is 23.1 Å². The Morgan fingerprint density at radius 1 is 1.11 bits per heavy atom. The van der Waals surface area contributed by atoms with Crippen LogP contribution in [0.5, 0.6) is 0 Å². The Morgan fingerprint density at radius 3 is 2.68 bits per heavy atom. The summed E-state index contributed by atoms with van der Waals surface area (Å²) in [6.45, 7) is 0.297. The summed E-state index contributed by atoms with van der Waals surface area (Å²) in [7, 11) is 1.86. The number of benzene rings is 2. The van der Waals surface area contributed by atoms with Crippen LogP contribution in [0.15, 0.2) is 72.0 Å². The van der Waals surface area contributed by atoms with Crippen LogP contribution < -0.4 is 16.2 Å². The number of hydrogen-bond donors (Lipinski definition) is 2. The van der Waals surface area contributed by atoms with E-state index in [1.165, 1.54) is 10.9 Å². The summed E-state index contributed by atoms with van der Waals surface area (Å²) >= 11 is 0. The fourth-order valence-corrected chi connectivity index (χ4v) is 2.87. The molecule has 0 unspecified atom stereocenters. The third-order valence-corrected chi connectivity index (χ3v) is 4.38. The van der Waals surface area contributed by atoms with Crippen LogP contribution >= 0.6 is 0 Å². The summed E-state index contributed by atoms with van der Waals surface area (Å²) in [4.78, 5) is 33.5. The van der Waals surface area contributed by atoms with E-state index in [0.717, 1.165) is 11.5 Å². The van der Waals surface area contributed by atoms with Crippen LogP contribution in [0, 0.1) is 0 Å². The molecule has 0 aliphatic carbocycles. The molecule has 0 bridgehead atoms. The molecule has 140 valence electrons. The average Bonchev–Trinajstić information content (AvgIpc) is 3.12. The highest BCUT2D eigenvalue weighted by atomic mass is 16.2. The van der Waals surface area contributed by atoms with Crippen molar-refractivity contribution in [2.75, 3.05) is 5.32 Å². The van der Waals surface area contributed by atoms with Crippen molar-refractivity contribution in [1.29, 1.82) is 0 Å². The molecule has 0 saturated carbocycles. The third-order valence-electron chi connectivity index (χ3n) is 4.38. The van der Waals surface area contributed by atoms with Crippen molar-refractivity contribution >= 4 is 22.6 Å². The van der Waals surface area contributed by atoms with Gasteiger partial charge in [-0.15, -0.1) is 0 Å². The number of amides is 2. The second-order valence-electron chi connectivity index (χ2n) is 6.25. The van der Waals surface area contributed by atoms with Crippen molar-refractivity contribution in [3.8, 4) is 5.69 Å². The van der Waals surface area contributed by atoms with E-state index in [1.54, 1.807) is 24.4 Å². The van der Waals surface area contributed by atoms with E-state index in [4.69, 9.17) is 0 Å². The number of urea groups is 1. The summed E-state index contributed by atoms with van der Waals surface area (Å²) in [5, 5.41) is 5.91. The molecule has 2 heterocycles. The first kappa shape index (κ1) is 17.5. The minimum Gasteiger partial charge on any atom is -0.337 e. The number of para-hydroxylation sites is 1. The van der Waals surface area contributed by atoms with E-state index < -0.39 is 0 Å². The molecule has 0 aliphatic rings. The molecule has 2 aromatic heterocycles. The van der Waals surface area contributed by atoms with Crippen LogP contribution in [0.2, 0.25) is 0 Å². The molecular formula is C20H18N6O2. The quantitative estimate of drug-likeness (QED) is 0.574. The van der Waals surface area contributed by atoms with Crippen molar-refractivity contribution in [2.24, 2.45) is 7.05 Å². The number of nitrogens with one attached hydrogen (secondary N) is 2. The Hall–Kier alpha value is -3.94. The van der Waals surface area contributed by atoms with Crippen molar-refractivity contribution in [1.82, 2.24) is 24.4 Å². The van der Waals surface area contributed by atoms with Gasteiger partial charge in [-0.2, -0.15) is 0 Å².